The molecule has 0 saturated carbocycles. The van der Waals surface area contributed by atoms with Gasteiger partial charge < -0.3 is 0 Å². The van der Waals surface area contributed by atoms with Gasteiger partial charge in [0, 0.05) is 0 Å². The van der Waals surface area contributed by atoms with E-state index in [4.69, 9.17) is 0 Å². The zero-order valence-corrected chi connectivity index (χ0v) is 5.91. The van der Waals surface area contributed by atoms with Crippen LogP contribution in [0.2, 0.25) is 0 Å². The summed E-state index contributed by atoms with van der Waals surface area (Å²) >= 11 is 0. The largest absolute Gasteiger partial charge is 0.295 e. The lowest BCUT2D eigenvalue weighted by Gasteiger charge is -1.94. The van der Waals surface area contributed by atoms with E-state index in [0.717, 1.165) is 11.1 Å². The van der Waals surface area contributed by atoms with Gasteiger partial charge >= 0.3 is 0 Å². The van der Waals surface area contributed by atoms with Gasteiger partial charge in [-0.05, 0) is 33.3 Å². The molecule has 0 aromatic heterocycles. The Morgan fingerprint density at radius 1 is 1.00 bits per heavy atom. The molecule has 0 aromatic rings. The molecule has 0 aromatic carbocycles. The van der Waals surface area contributed by atoms with Gasteiger partial charge in [-0.1, -0.05) is 5.57 Å². The highest BCUT2D eigenvalue weighted by molar-refractivity contribution is 5.93. The lowest BCUT2D eigenvalue weighted by atomic mass is 10.1. The molecule has 0 spiro atoms. The van der Waals surface area contributed by atoms with Gasteiger partial charge in [-0.2, -0.15) is 0 Å². The Morgan fingerprint density at radius 3 is 1.38 bits per heavy atom. The van der Waals surface area contributed by atoms with E-state index in [1.165, 1.54) is 0 Å². The van der Waals surface area contributed by atoms with E-state index in [1.54, 1.807) is 6.92 Å². The van der Waals surface area contributed by atoms with E-state index in [0.29, 0.717) is 0 Å². The first-order valence-electron chi connectivity index (χ1n) is 2.70. The highest BCUT2D eigenvalue weighted by Gasteiger charge is 1.95. The summed E-state index contributed by atoms with van der Waals surface area (Å²) in [6, 6.07) is 0. The minimum atomic E-state index is 0.171. The molecular weight excluding hydrogens is 100 g/mol. The maximum absolute atomic E-state index is 10.5. The lowest BCUT2D eigenvalue weighted by molar-refractivity contribution is -0.113. The van der Waals surface area contributed by atoms with Crippen LogP contribution < -0.4 is 0 Å². The van der Waals surface area contributed by atoms with E-state index >= 15 is 0 Å². The van der Waals surface area contributed by atoms with E-state index in [-0.39, 0.29) is 5.78 Å². The average Bonchev–Trinajstić information content (AvgIpc) is 1.64. The summed E-state index contributed by atoms with van der Waals surface area (Å²) < 4.78 is 0. The van der Waals surface area contributed by atoms with Gasteiger partial charge in [-0.3, -0.25) is 4.79 Å². The summed E-state index contributed by atoms with van der Waals surface area (Å²) in [5, 5.41) is 0. The zero-order valence-electron chi connectivity index (χ0n) is 5.91. The van der Waals surface area contributed by atoms with Crippen molar-refractivity contribution in [3.8, 4) is 0 Å². The van der Waals surface area contributed by atoms with Crippen molar-refractivity contribution in [2.75, 3.05) is 0 Å². The molecule has 8 heavy (non-hydrogen) atoms. The average molecular weight is 112 g/mol. The van der Waals surface area contributed by atoms with Gasteiger partial charge in [0.25, 0.3) is 0 Å². The normalized spacial score (nSPS) is 8.50. The first kappa shape index (κ1) is 7.41. The van der Waals surface area contributed by atoms with E-state index < -0.39 is 0 Å². The number of allylic oxidation sites excluding steroid dienone is 2. The quantitative estimate of drug-likeness (QED) is 0.474. The number of hydrogen-bond donors (Lipinski definition) is 0. The summed E-state index contributed by atoms with van der Waals surface area (Å²) in [7, 11) is 0. The van der Waals surface area contributed by atoms with E-state index in [9.17, 15) is 4.79 Å². The molecule has 46 valence electrons. The number of carbonyl (C=O) groups is 1. The van der Waals surface area contributed by atoms with Crippen molar-refractivity contribution in [3.63, 3.8) is 0 Å². The summed E-state index contributed by atoms with van der Waals surface area (Å²) in [6.07, 6.45) is 0. The molecule has 0 rings (SSSR count). The first-order valence-corrected chi connectivity index (χ1v) is 2.70. The molecule has 0 saturated heterocycles. The molecule has 0 N–H and O–H groups in total. The van der Waals surface area contributed by atoms with Gasteiger partial charge in [0.05, 0.1) is 0 Å². The predicted octanol–water partition coefficient (Wildman–Crippen LogP) is 1.93. The fourth-order valence-corrected chi connectivity index (χ4v) is 0.352. The molecule has 1 nitrogen and oxygen atoms in total. The van der Waals surface area contributed by atoms with Crippen LogP contribution in [0.15, 0.2) is 11.1 Å². The summed E-state index contributed by atoms with van der Waals surface area (Å²) in [5.41, 5.74) is 1.99. The highest BCUT2D eigenvalue weighted by atomic mass is 16.1. The van der Waals surface area contributed by atoms with Gasteiger partial charge in [0.1, 0.15) is 0 Å². The minimum Gasteiger partial charge on any atom is -0.295 e. The van der Waals surface area contributed by atoms with Crippen LogP contribution in [-0.2, 0) is 4.79 Å². The smallest absolute Gasteiger partial charge is 0.155 e. The summed E-state index contributed by atoms with van der Waals surface area (Å²) in [6.45, 7) is 7.31. The van der Waals surface area contributed by atoms with Gasteiger partial charge in [-0.25, -0.2) is 0 Å². The Hall–Kier alpha value is -0.590. The third-order valence-corrected chi connectivity index (χ3v) is 1.28. The molecule has 0 bridgehead atoms. The molecule has 0 aliphatic heterocycles. The molecule has 0 fully saturated rings. The van der Waals surface area contributed by atoms with Crippen molar-refractivity contribution < 1.29 is 4.79 Å². The Labute approximate surface area is 50.4 Å². The van der Waals surface area contributed by atoms with Crippen LogP contribution in [0.3, 0.4) is 0 Å². The second-order valence-electron chi connectivity index (χ2n) is 2.18. The predicted molar refractivity (Wildman–Crippen MR) is 34.7 cm³/mol. The molecule has 0 atom stereocenters. The van der Waals surface area contributed by atoms with Gasteiger partial charge in [0.2, 0.25) is 0 Å². The SMILES string of the molecule is CC(=O)C(C)=C(C)C. The van der Waals surface area contributed by atoms with Crippen LogP contribution in [0, 0.1) is 0 Å². The van der Waals surface area contributed by atoms with Crippen LogP contribution in [0.5, 0.6) is 0 Å². The maximum Gasteiger partial charge on any atom is 0.155 e. The Kier molecular flexibility index (Phi) is 2.46. The van der Waals surface area contributed by atoms with Gasteiger partial charge in [-0.15, -0.1) is 0 Å². The van der Waals surface area contributed by atoms with Crippen molar-refractivity contribution in [2.45, 2.75) is 27.7 Å². The molecule has 1 heteroatoms. The van der Waals surface area contributed by atoms with E-state index in [1.807, 2.05) is 20.8 Å². The van der Waals surface area contributed by atoms with Crippen molar-refractivity contribution in [2.24, 2.45) is 0 Å². The number of rotatable bonds is 1. The Bertz CT molecular complexity index is 127. The number of carbonyl (C=O) groups excluding carboxylic acids is 1. The fourth-order valence-electron chi connectivity index (χ4n) is 0.352. The first-order chi connectivity index (χ1) is 3.55. The summed E-state index contributed by atoms with van der Waals surface area (Å²) in [5.74, 6) is 0.171. The second-order valence-corrected chi connectivity index (χ2v) is 2.18. The molecular formula is C7H12O. The maximum atomic E-state index is 10.5. The monoisotopic (exact) mass is 112 g/mol. The minimum absolute atomic E-state index is 0.171. The Morgan fingerprint density at radius 2 is 1.38 bits per heavy atom. The lowest BCUT2D eigenvalue weighted by Crippen LogP contribution is -1.92. The fraction of sp³-hybridized carbons (Fsp3) is 0.571. The van der Waals surface area contributed by atoms with Crippen LogP contribution in [-0.4, -0.2) is 5.78 Å². The molecule has 0 heterocycles. The van der Waals surface area contributed by atoms with Crippen LogP contribution >= 0.6 is 0 Å². The molecule has 0 unspecified atom stereocenters. The third kappa shape index (κ3) is 1.92. The topological polar surface area (TPSA) is 17.1 Å². The highest BCUT2D eigenvalue weighted by Crippen LogP contribution is 2.01. The summed E-state index contributed by atoms with van der Waals surface area (Å²) in [4.78, 5) is 10.5. The van der Waals surface area contributed by atoms with Crippen LogP contribution in [0.25, 0.3) is 0 Å². The van der Waals surface area contributed by atoms with Crippen molar-refractivity contribution >= 4 is 5.78 Å². The van der Waals surface area contributed by atoms with Crippen molar-refractivity contribution in [1.82, 2.24) is 0 Å². The molecule has 0 radical (unpaired) electrons. The van der Waals surface area contributed by atoms with Gasteiger partial charge in [0.15, 0.2) is 5.78 Å². The Balaban J connectivity index is 4.23. The van der Waals surface area contributed by atoms with Crippen molar-refractivity contribution in [3.05, 3.63) is 11.1 Å². The van der Waals surface area contributed by atoms with Crippen LogP contribution in [0.1, 0.15) is 27.7 Å². The number of Topliss-reactive ketones (excluding diaryl/α,β-unsaturated/α-hetero) is 1. The third-order valence-electron chi connectivity index (χ3n) is 1.28. The number of hydrogen-bond acceptors (Lipinski definition) is 1. The number of ketones is 1. The second kappa shape index (κ2) is 2.65. The molecule has 0 aliphatic rings. The molecule has 0 aliphatic carbocycles. The zero-order chi connectivity index (χ0) is 6.73. The van der Waals surface area contributed by atoms with E-state index in [2.05, 4.69) is 0 Å². The van der Waals surface area contributed by atoms with Crippen molar-refractivity contribution in [1.29, 1.82) is 0 Å². The van der Waals surface area contributed by atoms with Crippen LogP contribution in [0.4, 0.5) is 0 Å². The standard InChI is InChI=1S/C7H12O/c1-5(2)6(3)7(4)8/h1-4H3. The molecule has 0 amide bonds.